The number of aromatic amines is 2. The van der Waals surface area contributed by atoms with Crippen LogP contribution >= 0.6 is 0 Å². The summed E-state index contributed by atoms with van der Waals surface area (Å²) in [6, 6.07) is 0. The maximum Gasteiger partial charge on any atom is 0.342 e. The van der Waals surface area contributed by atoms with Gasteiger partial charge in [0.15, 0.2) is 0 Å². The van der Waals surface area contributed by atoms with Gasteiger partial charge in [-0.1, -0.05) is 6.92 Å². The van der Waals surface area contributed by atoms with E-state index in [-0.39, 0.29) is 5.82 Å². The molecule has 1 rings (SSSR count). The third-order valence-corrected chi connectivity index (χ3v) is 2.04. The van der Waals surface area contributed by atoms with Gasteiger partial charge in [0, 0.05) is 13.1 Å². The van der Waals surface area contributed by atoms with E-state index in [1.165, 1.54) is 0 Å². The molecule has 0 unspecified atom stereocenters. The molecule has 0 radical (unpaired) electrons. The minimum absolute atomic E-state index is 0.138. The van der Waals surface area contributed by atoms with Crippen molar-refractivity contribution < 1.29 is 0 Å². The molecule has 0 saturated carbocycles. The number of likely N-dealkylation sites (N-methyl/N-ethyl adjacent to an activating group) is 1. The van der Waals surface area contributed by atoms with Gasteiger partial charge in [0.05, 0.1) is 0 Å². The van der Waals surface area contributed by atoms with E-state index in [0.717, 1.165) is 13.1 Å². The molecule has 0 aliphatic rings. The van der Waals surface area contributed by atoms with Crippen molar-refractivity contribution in [2.75, 3.05) is 32.0 Å². The van der Waals surface area contributed by atoms with Crippen LogP contribution in [-0.2, 0) is 0 Å². The van der Waals surface area contributed by atoms with Crippen LogP contribution in [-0.4, -0.2) is 46.8 Å². The molecule has 3 N–H and O–H groups in total. The number of rotatable bonds is 5. The summed E-state index contributed by atoms with van der Waals surface area (Å²) in [6.45, 7) is 4.39. The fourth-order valence-electron chi connectivity index (χ4n) is 0.991. The van der Waals surface area contributed by atoms with Gasteiger partial charge in [-0.2, -0.15) is 0 Å². The third-order valence-electron chi connectivity index (χ3n) is 2.04. The van der Waals surface area contributed by atoms with E-state index in [0.29, 0.717) is 6.54 Å². The van der Waals surface area contributed by atoms with Crippen molar-refractivity contribution in [3.63, 3.8) is 0 Å². The zero-order chi connectivity index (χ0) is 11.3. The van der Waals surface area contributed by atoms with E-state index >= 15 is 0 Å². The molecule has 0 aromatic carbocycles. The largest absolute Gasteiger partial charge is 0.363 e. The second-order valence-corrected chi connectivity index (χ2v) is 3.18. The molecular formula is C8H15N5O2. The van der Waals surface area contributed by atoms with E-state index in [4.69, 9.17) is 0 Å². The molecule has 7 nitrogen and oxygen atoms in total. The molecule has 0 aliphatic heterocycles. The Kier molecular flexibility index (Phi) is 4.04. The molecule has 7 heteroatoms. The van der Waals surface area contributed by atoms with Crippen molar-refractivity contribution >= 4 is 5.82 Å². The van der Waals surface area contributed by atoms with Crippen LogP contribution < -0.4 is 16.6 Å². The minimum Gasteiger partial charge on any atom is -0.363 e. The summed E-state index contributed by atoms with van der Waals surface area (Å²) in [5.74, 6) is 0.138. The van der Waals surface area contributed by atoms with Crippen molar-refractivity contribution in [2.24, 2.45) is 0 Å². The summed E-state index contributed by atoms with van der Waals surface area (Å²) in [4.78, 5) is 26.0. The topological polar surface area (TPSA) is 93.9 Å². The second kappa shape index (κ2) is 5.30. The highest BCUT2D eigenvalue weighted by atomic mass is 16.2. The molecule has 1 aromatic heterocycles. The summed E-state index contributed by atoms with van der Waals surface area (Å²) in [5, 5.41) is 8.58. The first-order valence-electron chi connectivity index (χ1n) is 4.75. The summed E-state index contributed by atoms with van der Waals surface area (Å²) in [6.07, 6.45) is 0. The van der Waals surface area contributed by atoms with Gasteiger partial charge >= 0.3 is 5.69 Å². The number of hydrogen-bond donors (Lipinski definition) is 3. The van der Waals surface area contributed by atoms with Crippen LogP contribution in [0.3, 0.4) is 0 Å². The summed E-state index contributed by atoms with van der Waals surface area (Å²) < 4.78 is 0. The lowest BCUT2D eigenvalue weighted by Gasteiger charge is -2.13. The van der Waals surface area contributed by atoms with Crippen LogP contribution in [0, 0.1) is 0 Å². The molecule has 0 aliphatic carbocycles. The van der Waals surface area contributed by atoms with Crippen molar-refractivity contribution in [3.8, 4) is 0 Å². The fourth-order valence-corrected chi connectivity index (χ4v) is 0.991. The minimum atomic E-state index is -0.601. The van der Waals surface area contributed by atoms with Crippen LogP contribution in [0.1, 0.15) is 6.92 Å². The van der Waals surface area contributed by atoms with Crippen LogP contribution in [0.4, 0.5) is 5.82 Å². The average molecular weight is 213 g/mol. The zero-order valence-corrected chi connectivity index (χ0v) is 8.83. The van der Waals surface area contributed by atoms with E-state index < -0.39 is 11.2 Å². The SMILES string of the molecule is CCN(C)CCNc1n[nH]c(=O)[nH]c1=O. The first-order valence-corrected chi connectivity index (χ1v) is 4.75. The maximum absolute atomic E-state index is 11.2. The number of nitrogens with zero attached hydrogens (tertiary/aromatic N) is 2. The van der Waals surface area contributed by atoms with Gasteiger partial charge in [0.2, 0.25) is 5.82 Å². The molecule has 1 heterocycles. The van der Waals surface area contributed by atoms with Gasteiger partial charge in [-0.3, -0.25) is 9.78 Å². The maximum atomic E-state index is 11.2. The first kappa shape index (κ1) is 11.4. The lowest BCUT2D eigenvalue weighted by molar-refractivity contribution is 0.367. The first-order chi connectivity index (χ1) is 7.13. The molecule has 1 aromatic rings. The van der Waals surface area contributed by atoms with Crippen LogP contribution in [0.15, 0.2) is 9.59 Å². The molecular weight excluding hydrogens is 198 g/mol. The van der Waals surface area contributed by atoms with Crippen LogP contribution in [0.5, 0.6) is 0 Å². The Labute approximate surface area is 86.5 Å². The van der Waals surface area contributed by atoms with Crippen molar-refractivity contribution in [1.82, 2.24) is 20.1 Å². The number of H-pyrrole nitrogens is 2. The van der Waals surface area contributed by atoms with Crippen LogP contribution in [0.25, 0.3) is 0 Å². The summed E-state index contributed by atoms with van der Waals surface area (Å²) >= 11 is 0. The van der Waals surface area contributed by atoms with Gasteiger partial charge in [-0.15, -0.1) is 5.10 Å². The van der Waals surface area contributed by atoms with Gasteiger partial charge in [0.25, 0.3) is 5.56 Å². The Morgan fingerprint density at radius 1 is 1.47 bits per heavy atom. The van der Waals surface area contributed by atoms with Gasteiger partial charge in [-0.05, 0) is 13.6 Å². The number of aromatic nitrogens is 3. The van der Waals surface area contributed by atoms with Crippen molar-refractivity contribution in [2.45, 2.75) is 6.92 Å². The van der Waals surface area contributed by atoms with Gasteiger partial charge < -0.3 is 10.2 Å². The Morgan fingerprint density at radius 3 is 2.80 bits per heavy atom. The monoisotopic (exact) mass is 213 g/mol. The highest BCUT2D eigenvalue weighted by molar-refractivity contribution is 5.28. The summed E-state index contributed by atoms with van der Waals surface area (Å²) in [7, 11) is 1.98. The normalized spacial score (nSPS) is 10.6. The van der Waals surface area contributed by atoms with E-state index in [1.54, 1.807) is 0 Å². The second-order valence-electron chi connectivity index (χ2n) is 3.18. The van der Waals surface area contributed by atoms with Crippen molar-refractivity contribution in [3.05, 3.63) is 20.8 Å². The Hall–Kier alpha value is -1.63. The van der Waals surface area contributed by atoms with E-state index in [1.807, 2.05) is 14.0 Å². The highest BCUT2D eigenvalue weighted by Crippen LogP contribution is 1.86. The molecule has 0 amide bonds. The average Bonchev–Trinajstić information content (AvgIpc) is 2.21. The molecule has 0 saturated heterocycles. The molecule has 0 fully saturated rings. The lowest BCUT2D eigenvalue weighted by atomic mass is 10.5. The molecule has 0 bridgehead atoms. The zero-order valence-electron chi connectivity index (χ0n) is 8.83. The third kappa shape index (κ3) is 3.55. The quantitative estimate of drug-likeness (QED) is 0.572. The molecule has 84 valence electrons. The predicted molar refractivity (Wildman–Crippen MR) is 57.1 cm³/mol. The summed E-state index contributed by atoms with van der Waals surface area (Å²) in [5.41, 5.74) is -1.10. The number of anilines is 1. The smallest absolute Gasteiger partial charge is 0.342 e. The molecule has 0 atom stereocenters. The van der Waals surface area contributed by atoms with E-state index in [2.05, 4.69) is 25.4 Å². The molecule has 15 heavy (non-hydrogen) atoms. The van der Waals surface area contributed by atoms with Crippen molar-refractivity contribution in [1.29, 1.82) is 0 Å². The van der Waals surface area contributed by atoms with E-state index in [9.17, 15) is 9.59 Å². The number of nitrogens with one attached hydrogen (secondary N) is 3. The number of hydrogen-bond acceptors (Lipinski definition) is 5. The molecule has 0 spiro atoms. The highest BCUT2D eigenvalue weighted by Gasteiger charge is 2.01. The predicted octanol–water partition coefficient (Wildman–Crippen LogP) is -1.18. The Balaban J connectivity index is 2.51. The standard InChI is InChI=1S/C8H15N5O2/c1-3-13(2)5-4-9-6-7(14)10-8(15)12-11-6/h3-5H2,1-2H3,(H,9,11)(H2,10,12,14,15). The van der Waals surface area contributed by atoms with Gasteiger partial charge in [0.1, 0.15) is 0 Å². The Morgan fingerprint density at radius 2 is 2.20 bits per heavy atom. The van der Waals surface area contributed by atoms with Crippen LogP contribution in [0.2, 0.25) is 0 Å². The lowest BCUT2D eigenvalue weighted by Crippen LogP contribution is -2.30. The fraction of sp³-hybridized carbons (Fsp3) is 0.625. The Bertz CT molecular complexity index is 410. The van der Waals surface area contributed by atoms with Gasteiger partial charge in [-0.25, -0.2) is 9.89 Å².